The number of ether oxygens (including phenoxy) is 1. The Morgan fingerprint density at radius 1 is 1.07 bits per heavy atom. The lowest BCUT2D eigenvalue weighted by Crippen LogP contribution is -2.43. The van der Waals surface area contributed by atoms with E-state index in [1.165, 1.54) is 17.0 Å². The van der Waals surface area contributed by atoms with Crippen LogP contribution >= 0.6 is 11.8 Å². The number of rotatable bonds is 9. The van der Waals surface area contributed by atoms with E-state index in [1.54, 1.807) is 45.1 Å². The van der Waals surface area contributed by atoms with Gasteiger partial charge in [-0.05, 0) is 42.0 Å². The summed E-state index contributed by atoms with van der Waals surface area (Å²) < 4.78 is 18.0. The van der Waals surface area contributed by atoms with Gasteiger partial charge in [0, 0.05) is 37.5 Å². The molecule has 0 atom stereocenters. The Morgan fingerprint density at radius 2 is 1.69 bits per heavy atom. The van der Waals surface area contributed by atoms with Crippen LogP contribution in [0, 0.1) is 5.82 Å². The predicted molar refractivity (Wildman–Crippen MR) is 115 cm³/mol. The molecule has 0 aliphatic heterocycles. The topological polar surface area (TPSA) is 66.0 Å². The number of likely N-dealkylation sites (N-methyl/N-ethyl adjacent to an activating group) is 1. The number of guanidine groups is 1. The van der Waals surface area contributed by atoms with Gasteiger partial charge in [0.05, 0.1) is 19.7 Å². The molecule has 6 nitrogen and oxygen atoms in total. The minimum atomic E-state index is -0.238. The summed E-state index contributed by atoms with van der Waals surface area (Å²) in [5.41, 5.74) is 1.04. The molecule has 2 aromatic rings. The number of halogens is 1. The lowest BCUT2D eigenvalue weighted by atomic mass is 10.2. The van der Waals surface area contributed by atoms with Crippen molar-refractivity contribution >= 4 is 23.6 Å². The third-order valence-electron chi connectivity index (χ3n) is 3.90. The zero-order valence-electron chi connectivity index (χ0n) is 16.9. The van der Waals surface area contributed by atoms with Gasteiger partial charge in [0.25, 0.3) is 0 Å². The van der Waals surface area contributed by atoms with E-state index in [2.05, 4.69) is 15.6 Å². The summed E-state index contributed by atoms with van der Waals surface area (Å²) in [5.74, 6) is 0.286. The van der Waals surface area contributed by atoms with E-state index in [4.69, 9.17) is 4.74 Å². The average Bonchev–Trinajstić information content (AvgIpc) is 2.72. The van der Waals surface area contributed by atoms with Gasteiger partial charge in [0.15, 0.2) is 5.96 Å². The monoisotopic (exact) mass is 418 g/mol. The highest BCUT2D eigenvalue weighted by Crippen LogP contribution is 2.27. The Morgan fingerprint density at radius 3 is 2.28 bits per heavy atom. The molecule has 0 saturated heterocycles. The fraction of sp³-hybridized carbons (Fsp3) is 0.333. The number of nitrogens with one attached hydrogen (secondary N) is 2. The van der Waals surface area contributed by atoms with Gasteiger partial charge in [0.1, 0.15) is 5.82 Å². The Kier molecular flexibility index (Phi) is 9.46. The van der Waals surface area contributed by atoms with Crippen LogP contribution in [0.5, 0.6) is 0 Å². The molecule has 2 N–H and O–H groups in total. The number of carbonyl (C=O) groups is 1. The summed E-state index contributed by atoms with van der Waals surface area (Å²) in [5, 5.41) is 6.18. The molecule has 0 spiro atoms. The second-order valence-corrected chi connectivity index (χ2v) is 7.57. The van der Waals surface area contributed by atoms with E-state index in [9.17, 15) is 9.18 Å². The normalized spacial score (nSPS) is 11.2. The molecule has 0 unspecified atom stereocenters. The first-order valence-corrected chi connectivity index (χ1v) is 10.0. The van der Waals surface area contributed by atoms with Crippen molar-refractivity contribution in [1.29, 1.82) is 0 Å². The Hall–Kier alpha value is -2.58. The quantitative estimate of drug-likeness (QED) is 0.372. The SMILES string of the molecule is COCCNC(=NCc1ccc(Sc2ccc(F)cc2)cc1)NCC(=O)N(C)C. The molecular weight excluding hydrogens is 391 g/mol. The van der Waals surface area contributed by atoms with E-state index >= 15 is 0 Å². The van der Waals surface area contributed by atoms with Crippen molar-refractivity contribution < 1.29 is 13.9 Å². The molecule has 0 aliphatic rings. The predicted octanol–water partition coefficient (Wildman–Crippen LogP) is 2.75. The summed E-state index contributed by atoms with van der Waals surface area (Å²) in [6, 6.07) is 14.5. The van der Waals surface area contributed by atoms with Gasteiger partial charge in [-0.25, -0.2) is 9.38 Å². The molecule has 2 rings (SSSR count). The third-order valence-corrected chi connectivity index (χ3v) is 4.91. The van der Waals surface area contributed by atoms with E-state index in [0.717, 1.165) is 15.4 Å². The fourth-order valence-corrected chi connectivity index (χ4v) is 3.05. The molecule has 0 fully saturated rings. The lowest BCUT2D eigenvalue weighted by Gasteiger charge is -2.14. The zero-order chi connectivity index (χ0) is 21.1. The summed E-state index contributed by atoms with van der Waals surface area (Å²) in [4.78, 5) is 19.9. The number of aliphatic imine (C=N–C) groups is 1. The molecule has 1 amide bonds. The van der Waals surface area contributed by atoms with Gasteiger partial charge in [-0.15, -0.1) is 0 Å². The van der Waals surface area contributed by atoms with E-state index in [1.807, 2.05) is 24.3 Å². The van der Waals surface area contributed by atoms with Crippen LogP contribution in [-0.2, 0) is 16.1 Å². The molecule has 0 bridgehead atoms. The molecule has 29 heavy (non-hydrogen) atoms. The first-order chi connectivity index (χ1) is 14.0. The Labute approximate surface area is 175 Å². The minimum Gasteiger partial charge on any atom is -0.383 e. The molecule has 2 aromatic carbocycles. The van der Waals surface area contributed by atoms with E-state index < -0.39 is 0 Å². The molecular formula is C21H27FN4O2S. The third kappa shape index (κ3) is 8.53. The van der Waals surface area contributed by atoms with E-state index in [0.29, 0.717) is 25.7 Å². The number of benzene rings is 2. The maximum absolute atomic E-state index is 13.0. The van der Waals surface area contributed by atoms with Gasteiger partial charge in [-0.2, -0.15) is 0 Å². The van der Waals surface area contributed by atoms with Crippen LogP contribution in [0.2, 0.25) is 0 Å². The summed E-state index contributed by atoms with van der Waals surface area (Å²) in [7, 11) is 5.06. The van der Waals surface area contributed by atoms with Gasteiger partial charge in [-0.1, -0.05) is 23.9 Å². The maximum Gasteiger partial charge on any atom is 0.241 e. The van der Waals surface area contributed by atoms with Crippen LogP contribution in [0.1, 0.15) is 5.56 Å². The Balaban J connectivity index is 1.95. The smallest absolute Gasteiger partial charge is 0.241 e. The van der Waals surface area contributed by atoms with E-state index in [-0.39, 0.29) is 18.3 Å². The zero-order valence-corrected chi connectivity index (χ0v) is 17.8. The number of nitrogens with zero attached hydrogens (tertiary/aromatic N) is 2. The van der Waals surface area contributed by atoms with Crippen molar-refractivity contribution in [2.45, 2.75) is 16.3 Å². The first-order valence-electron chi connectivity index (χ1n) is 9.21. The van der Waals surface area contributed by atoms with Crippen molar-refractivity contribution in [3.05, 3.63) is 59.9 Å². The minimum absolute atomic E-state index is 0.0339. The maximum atomic E-state index is 13.0. The van der Waals surface area contributed by atoms with Gasteiger partial charge >= 0.3 is 0 Å². The molecule has 0 saturated carbocycles. The second-order valence-electron chi connectivity index (χ2n) is 6.43. The summed E-state index contributed by atoms with van der Waals surface area (Å²) >= 11 is 1.57. The molecule has 0 heterocycles. The number of amides is 1. The summed E-state index contributed by atoms with van der Waals surface area (Å²) in [6.45, 7) is 1.77. The van der Waals surface area contributed by atoms with Gasteiger partial charge in [0.2, 0.25) is 5.91 Å². The largest absolute Gasteiger partial charge is 0.383 e. The number of methoxy groups -OCH3 is 1. The second kappa shape index (κ2) is 12.1. The fourth-order valence-electron chi connectivity index (χ4n) is 2.24. The number of carbonyl (C=O) groups excluding carboxylic acids is 1. The molecule has 0 radical (unpaired) electrons. The van der Waals surface area contributed by atoms with Crippen molar-refractivity contribution in [2.75, 3.05) is 40.9 Å². The molecule has 156 valence electrons. The lowest BCUT2D eigenvalue weighted by molar-refractivity contribution is -0.127. The van der Waals surface area contributed by atoms with Crippen molar-refractivity contribution in [1.82, 2.24) is 15.5 Å². The van der Waals surface area contributed by atoms with Crippen molar-refractivity contribution in [3.63, 3.8) is 0 Å². The van der Waals surface area contributed by atoms with Crippen LogP contribution < -0.4 is 10.6 Å². The van der Waals surface area contributed by atoms with Crippen molar-refractivity contribution in [3.8, 4) is 0 Å². The Bertz CT molecular complexity index is 795. The van der Waals surface area contributed by atoms with Crippen LogP contribution in [-0.4, -0.2) is 57.7 Å². The highest BCUT2D eigenvalue weighted by atomic mass is 32.2. The van der Waals surface area contributed by atoms with Gasteiger partial charge in [-0.3, -0.25) is 4.79 Å². The van der Waals surface area contributed by atoms with Crippen LogP contribution in [0.25, 0.3) is 0 Å². The number of hydrogen-bond donors (Lipinski definition) is 2. The highest BCUT2D eigenvalue weighted by molar-refractivity contribution is 7.99. The molecule has 0 aliphatic carbocycles. The van der Waals surface area contributed by atoms with Crippen LogP contribution in [0.15, 0.2) is 63.3 Å². The highest BCUT2D eigenvalue weighted by Gasteiger charge is 2.06. The molecule has 0 aromatic heterocycles. The molecule has 8 heteroatoms. The number of hydrogen-bond acceptors (Lipinski definition) is 4. The van der Waals surface area contributed by atoms with Crippen molar-refractivity contribution in [2.24, 2.45) is 4.99 Å². The average molecular weight is 419 g/mol. The first kappa shape index (κ1) is 22.7. The van der Waals surface area contributed by atoms with Crippen LogP contribution in [0.4, 0.5) is 4.39 Å². The standard InChI is InChI=1S/C21H27FN4O2S/c1-26(2)20(27)15-25-21(23-12-13-28-3)24-14-16-4-8-18(9-5-16)29-19-10-6-17(22)7-11-19/h4-11H,12-15H2,1-3H3,(H2,23,24,25). The summed E-state index contributed by atoms with van der Waals surface area (Å²) in [6.07, 6.45) is 0. The van der Waals surface area contributed by atoms with Gasteiger partial charge < -0.3 is 20.3 Å². The van der Waals surface area contributed by atoms with Crippen LogP contribution in [0.3, 0.4) is 0 Å².